The summed E-state index contributed by atoms with van der Waals surface area (Å²) in [4.78, 5) is 29.7. The second-order valence-corrected chi connectivity index (χ2v) is 7.26. The van der Waals surface area contributed by atoms with E-state index in [0.717, 1.165) is 23.3 Å². The third kappa shape index (κ3) is 3.86. The number of aryl methyl sites for hydroxylation is 2. The maximum atomic E-state index is 13.0. The highest BCUT2D eigenvalue weighted by Crippen LogP contribution is 2.30. The number of ketones is 1. The van der Waals surface area contributed by atoms with Crippen LogP contribution in [0.1, 0.15) is 27.0 Å². The molecule has 0 radical (unpaired) electrons. The Hall–Kier alpha value is -3.75. The molecule has 31 heavy (non-hydrogen) atoms. The zero-order valence-corrected chi connectivity index (χ0v) is 16.6. The zero-order chi connectivity index (χ0) is 22.3. The molecule has 158 valence electrons. The van der Waals surface area contributed by atoms with Crippen LogP contribution in [0.25, 0.3) is 16.7 Å². The average Bonchev–Trinajstić information content (AvgIpc) is 3.14. The highest BCUT2D eigenvalue weighted by molar-refractivity contribution is 5.97. The molecule has 9 heteroatoms. The van der Waals surface area contributed by atoms with Crippen LogP contribution in [0.2, 0.25) is 0 Å². The van der Waals surface area contributed by atoms with Gasteiger partial charge >= 0.3 is 6.18 Å². The lowest BCUT2D eigenvalue weighted by atomic mass is 10.0. The summed E-state index contributed by atoms with van der Waals surface area (Å²) >= 11 is 0. The minimum Gasteiger partial charge on any atom is -0.292 e. The molecule has 0 saturated heterocycles. The Kier molecular flexibility index (Phi) is 4.96. The van der Waals surface area contributed by atoms with Gasteiger partial charge in [-0.05, 0) is 37.6 Å². The van der Waals surface area contributed by atoms with E-state index in [1.54, 1.807) is 6.07 Å². The van der Waals surface area contributed by atoms with E-state index in [0.29, 0.717) is 5.56 Å². The Balaban J connectivity index is 1.70. The number of nitrogens with zero attached hydrogens (tertiary/aromatic N) is 4. The largest absolute Gasteiger partial charge is 0.416 e. The van der Waals surface area contributed by atoms with Crippen molar-refractivity contribution in [1.82, 2.24) is 19.3 Å². The second-order valence-electron chi connectivity index (χ2n) is 7.26. The lowest BCUT2D eigenvalue weighted by molar-refractivity contribution is -0.137. The van der Waals surface area contributed by atoms with E-state index in [9.17, 15) is 22.8 Å². The molecule has 4 rings (SSSR count). The zero-order valence-electron chi connectivity index (χ0n) is 16.6. The van der Waals surface area contributed by atoms with E-state index in [2.05, 4.69) is 10.1 Å². The smallest absolute Gasteiger partial charge is 0.292 e. The number of hydrogen-bond acceptors (Lipinski definition) is 4. The summed E-state index contributed by atoms with van der Waals surface area (Å²) in [6.45, 7) is 3.54. The van der Waals surface area contributed by atoms with Gasteiger partial charge in [0.05, 0.1) is 24.0 Å². The van der Waals surface area contributed by atoms with Crippen molar-refractivity contribution in [1.29, 1.82) is 0 Å². The highest BCUT2D eigenvalue weighted by atomic mass is 19.4. The summed E-state index contributed by atoms with van der Waals surface area (Å²) in [5.41, 5.74) is 1.25. The van der Waals surface area contributed by atoms with Gasteiger partial charge in [0.15, 0.2) is 11.4 Å². The number of alkyl halides is 3. The van der Waals surface area contributed by atoms with E-state index in [-0.39, 0.29) is 29.0 Å². The van der Waals surface area contributed by atoms with Crippen molar-refractivity contribution in [2.75, 3.05) is 0 Å². The topological polar surface area (TPSA) is 69.8 Å². The SMILES string of the molecule is Cc1ccc(C(=O)Cn2cnc3c(cnn3-c3cccc(C(F)(F)F)c3)c2=O)c(C)c1. The van der Waals surface area contributed by atoms with E-state index in [4.69, 9.17) is 0 Å². The number of hydrogen-bond donors (Lipinski definition) is 0. The first kappa shape index (κ1) is 20.5. The van der Waals surface area contributed by atoms with Crippen LogP contribution >= 0.6 is 0 Å². The van der Waals surface area contributed by atoms with Gasteiger partial charge in [0.25, 0.3) is 5.56 Å². The minimum absolute atomic E-state index is 0.105. The summed E-state index contributed by atoms with van der Waals surface area (Å²) in [6, 6.07) is 10.0. The van der Waals surface area contributed by atoms with Gasteiger partial charge in [-0.3, -0.25) is 14.2 Å². The van der Waals surface area contributed by atoms with Crippen molar-refractivity contribution in [2.45, 2.75) is 26.6 Å². The van der Waals surface area contributed by atoms with Crippen molar-refractivity contribution in [2.24, 2.45) is 0 Å². The Bertz CT molecular complexity index is 1370. The fraction of sp³-hybridized carbons (Fsp3) is 0.182. The average molecular weight is 426 g/mol. The summed E-state index contributed by atoms with van der Waals surface area (Å²) < 4.78 is 41.4. The molecule has 2 aromatic carbocycles. The molecule has 0 fully saturated rings. The molecule has 0 atom stereocenters. The summed E-state index contributed by atoms with van der Waals surface area (Å²) in [7, 11) is 0. The second kappa shape index (κ2) is 7.50. The number of halogens is 3. The fourth-order valence-corrected chi connectivity index (χ4v) is 3.43. The van der Waals surface area contributed by atoms with E-state index < -0.39 is 17.3 Å². The van der Waals surface area contributed by atoms with Crippen LogP contribution in [0.4, 0.5) is 13.2 Å². The Morgan fingerprint density at radius 2 is 1.87 bits per heavy atom. The molecule has 0 aliphatic heterocycles. The van der Waals surface area contributed by atoms with Gasteiger partial charge in [0.1, 0.15) is 11.7 Å². The van der Waals surface area contributed by atoms with Crippen molar-refractivity contribution in [3.8, 4) is 5.69 Å². The highest BCUT2D eigenvalue weighted by Gasteiger charge is 2.30. The van der Waals surface area contributed by atoms with Crippen molar-refractivity contribution < 1.29 is 18.0 Å². The summed E-state index contributed by atoms with van der Waals surface area (Å²) in [5.74, 6) is -0.244. The predicted molar refractivity (Wildman–Crippen MR) is 108 cm³/mol. The van der Waals surface area contributed by atoms with E-state index in [1.807, 2.05) is 26.0 Å². The molecule has 0 unspecified atom stereocenters. The first-order chi connectivity index (χ1) is 14.6. The molecule has 0 bridgehead atoms. The van der Waals surface area contributed by atoms with Gasteiger partial charge < -0.3 is 0 Å². The third-order valence-electron chi connectivity index (χ3n) is 4.97. The van der Waals surface area contributed by atoms with Crippen LogP contribution in [0, 0.1) is 13.8 Å². The normalized spacial score (nSPS) is 11.8. The first-order valence-corrected chi connectivity index (χ1v) is 9.36. The molecule has 0 amide bonds. The van der Waals surface area contributed by atoms with Crippen LogP contribution < -0.4 is 5.56 Å². The maximum Gasteiger partial charge on any atom is 0.416 e. The van der Waals surface area contributed by atoms with Crippen LogP contribution in [0.3, 0.4) is 0 Å². The molecule has 6 nitrogen and oxygen atoms in total. The number of rotatable bonds is 4. The molecule has 4 aromatic rings. The Morgan fingerprint density at radius 1 is 1.10 bits per heavy atom. The van der Waals surface area contributed by atoms with Crippen LogP contribution in [-0.4, -0.2) is 25.1 Å². The molecular formula is C22H17F3N4O2. The van der Waals surface area contributed by atoms with Crippen LogP contribution in [-0.2, 0) is 12.7 Å². The number of carbonyl (C=O) groups excluding carboxylic acids is 1. The quantitative estimate of drug-likeness (QED) is 0.461. The van der Waals surface area contributed by atoms with Crippen molar-refractivity contribution in [3.63, 3.8) is 0 Å². The lowest BCUT2D eigenvalue weighted by Gasteiger charge is -2.10. The van der Waals surface area contributed by atoms with Crippen molar-refractivity contribution >= 4 is 16.8 Å². The van der Waals surface area contributed by atoms with Gasteiger partial charge in [-0.2, -0.15) is 18.3 Å². The predicted octanol–water partition coefficient (Wildman–Crippen LogP) is 4.10. The first-order valence-electron chi connectivity index (χ1n) is 9.36. The number of aromatic nitrogens is 4. The van der Waals surface area contributed by atoms with Crippen molar-refractivity contribution in [3.05, 3.63) is 87.6 Å². The van der Waals surface area contributed by atoms with Gasteiger partial charge in [-0.1, -0.05) is 29.8 Å². The van der Waals surface area contributed by atoms with Gasteiger partial charge in [-0.25, -0.2) is 9.67 Å². The number of carbonyl (C=O) groups is 1. The summed E-state index contributed by atoms with van der Waals surface area (Å²) in [6.07, 6.45) is -2.06. The van der Waals surface area contributed by atoms with Crippen LogP contribution in [0.15, 0.2) is 59.8 Å². The minimum atomic E-state index is -4.51. The number of benzene rings is 2. The Morgan fingerprint density at radius 3 is 2.58 bits per heavy atom. The number of fused-ring (bicyclic) bond motifs is 1. The Labute approximate surface area is 174 Å². The standard InChI is InChI=1S/C22H17F3N4O2/c1-13-6-7-17(14(2)8-13)19(30)11-28-12-26-20-18(21(28)31)10-27-29(20)16-5-3-4-15(9-16)22(23,24)25/h3-10,12H,11H2,1-2H3. The molecule has 0 N–H and O–H groups in total. The fourth-order valence-electron chi connectivity index (χ4n) is 3.43. The summed E-state index contributed by atoms with van der Waals surface area (Å²) in [5, 5.41) is 4.15. The van der Waals surface area contributed by atoms with Gasteiger partial charge in [0, 0.05) is 5.56 Å². The maximum absolute atomic E-state index is 13.0. The molecule has 0 saturated carbocycles. The molecule has 0 spiro atoms. The molecule has 0 aliphatic rings. The molecule has 0 aliphatic carbocycles. The monoisotopic (exact) mass is 426 g/mol. The lowest BCUT2D eigenvalue weighted by Crippen LogP contribution is -2.25. The molecule has 2 heterocycles. The third-order valence-corrected chi connectivity index (χ3v) is 4.97. The van der Waals surface area contributed by atoms with E-state index >= 15 is 0 Å². The van der Waals surface area contributed by atoms with Gasteiger partial charge in [-0.15, -0.1) is 0 Å². The molecular weight excluding hydrogens is 409 g/mol. The number of Topliss-reactive ketones (excluding diaryl/α,β-unsaturated/α-hetero) is 1. The molecule has 2 aromatic heterocycles. The van der Waals surface area contributed by atoms with Gasteiger partial charge in [0.2, 0.25) is 0 Å². The van der Waals surface area contributed by atoms with E-state index in [1.165, 1.54) is 33.9 Å². The van der Waals surface area contributed by atoms with Crippen LogP contribution in [0.5, 0.6) is 0 Å².